The molecule has 0 radical (unpaired) electrons. The van der Waals surface area contributed by atoms with E-state index in [1.54, 1.807) is 31.6 Å². The molecule has 3 rings (SSSR count). The van der Waals surface area contributed by atoms with Gasteiger partial charge in [-0.05, 0) is 36.4 Å². The van der Waals surface area contributed by atoms with Crippen molar-refractivity contribution in [2.45, 2.75) is 0 Å². The topological polar surface area (TPSA) is 55.2 Å². The van der Waals surface area contributed by atoms with E-state index < -0.39 is 0 Å². The second-order valence-electron chi connectivity index (χ2n) is 4.57. The zero-order valence-electron chi connectivity index (χ0n) is 11.5. The SMILES string of the molecule is COc1cccc(-c2cncc(-c3ccc(O)cc3)n2)c1. The minimum absolute atomic E-state index is 0.232. The van der Waals surface area contributed by atoms with Crippen LogP contribution in [0.2, 0.25) is 0 Å². The largest absolute Gasteiger partial charge is 0.508 e. The number of hydrogen-bond donors (Lipinski definition) is 1. The fourth-order valence-electron chi connectivity index (χ4n) is 2.06. The molecule has 0 amide bonds. The molecule has 2 aromatic carbocycles. The van der Waals surface area contributed by atoms with Crippen molar-refractivity contribution in [2.24, 2.45) is 0 Å². The summed E-state index contributed by atoms with van der Waals surface area (Å²) in [5.74, 6) is 1.01. The molecular formula is C17H14N2O2. The van der Waals surface area contributed by atoms with E-state index in [1.807, 2.05) is 36.4 Å². The van der Waals surface area contributed by atoms with E-state index in [9.17, 15) is 5.11 Å². The number of benzene rings is 2. The maximum absolute atomic E-state index is 9.34. The van der Waals surface area contributed by atoms with Crippen LogP contribution >= 0.6 is 0 Å². The maximum atomic E-state index is 9.34. The molecule has 1 N–H and O–H groups in total. The smallest absolute Gasteiger partial charge is 0.119 e. The van der Waals surface area contributed by atoms with E-state index in [1.165, 1.54) is 0 Å². The Balaban J connectivity index is 2.01. The summed E-state index contributed by atoms with van der Waals surface area (Å²) in [6, 6.07) is 14.6. The third-order valence-corrected chi connectivity index (χ3v) is 3.16. The summed E-state index contributed by atoms with van der Waals surface area (Å²) in [5, 5.41) is 9.34. The fraction of sp³-hybridized carbons (Fsp3) is 0.0588. The number of nitrogens with zero attached hydrogens (tertiary/aromatic N) is 2. The van der Waals surface area contributed by atoms with Gasteiger partial charge in [-0.25, -0.2) is 4.98 Å². The van der Waals surface area contributed by atoms with Crippen molar-refractivity contribution in [2.75, 3.05) is 7.11 Å². The van der Waals surface area contributed by atoms with Crippen LogP contribution in [0.25, 0.3) is 22.5 Å². The van der Waals surface area contributed by atoms with E-state index >= 15 is 0 Å². The average molecular weight is 278 g/mol. The summed E-state index contributed by atoms with van der Waals surface area (Å²) in [6.07, 6.45) is 3.43. The van der Waals surface area contributed by atoms with Gasteiger partial charge in [-0.15, -0.1) is 0 Å². The van der Waals surface area contributed by atoms with Gasteiger partial charge in [0.25, 0.3) is 0 Å². The summed E-state index contributed by atoms with van der Waals surface area (Å²) < 4.78 is 5.23. The Labute approximate surface area is 122 Å². The van der Waals surface area contributed by atoms with E-state index in [0.717, 1.165) is 28.3 Å². The van der Waals surface area contributed by atoms with Crippen LogP contribution in [0.5, 0.6) is 11.5 Å². The van der Waals surface area contributed by atoms with Crippen molar-refractivity contribution >= 4 is 0 Å². The third-order valence-electron chi connectivity index (χ3n) is 3.16. The molecule has 0 bridgehead atoms. The summed E-state index contributed by atoms with van der Waals surface area (Å²) in [4.78, 5) is 8.87. The van der Waals surface area contributed by atoms with Gasteiger partial charge in [0, 0.05) is 11.1 Å². The first-order valence-corrected chi connectivity index (χ1v) is 6.52. The second-order valence-corrected chi connectivity index (χ2v) is 4.57. The van der Waals surface area contributed by atoms with Gasteiger partial charge in [-0.3, -0.25) is 4.98 Å². The molecule has 0 saturated carbocycles. The van der Waals surface area contributed by atoms with Crippen molar-refractivity contribution < 1.29 is 9.84 Å². The van der Waals surface area contributed by atoms with Crippen molar-refractivity contribution in [1.82, 2.24) is 9.97 Å². The molecule has 0 aliphatic carbocycles. The molecule has 4 nitrogen and oxygen atoms in total. The minimum atomic E-state index is 0.232. The normalized spacial score (nSPS) is 10.3. The van der Waals surface area contributed by atoms with Gasteiger partial charge in [0.1, 0.15) is 11.5 Å². The number of methoxy groups -OCH3 is 1. The summed E-state index contributed by atoms with van der Waals surface area (Å²) in [7, 11) is 1.64. The molecule has 0 atom stereocenters. The predicted molar refractivity (Wildman–Crippen MR) is 81.1 cm³/mol. The van der Waals surface area contributed by atoms with Gasteiger partial charge in [0.05, 0.1) is 30.9 Å². The minimum Gasteiger partial charge on any atom is -0.508 e. The Morgan fingerprint density at radius 1 is 0.905 bits per heavy atom. The van der Waals surface area contributed by atoms with Gasteiger partial charge in [-0.1, -0.05) is 12.1 Å². The van der Waals surface area contributed by atoms with E-state index in [-0.39, 0.29) is 5.75 Å². The molecular weight excluding hydrogens is 264 g/mol. The van der Waals surface area contributed by atoms with Crippen LogP contribution < -0.4 is 4.74 Å². The molecule has 0 saturated heterocycles. The first-order chi connectivity index (χ1) is 10.3. The first-order valence-electron chi connectivity index (χ1n) is 6.52. The molecule has 0 unspecified atom stereocenters. The monoisotopic (exact) mass is 278 g/mol. The van der Waals surface area contributed by atoms with Crippen LogP contribution in [-0.2, 0) is 0 Å². The van der Waals surface area contributed by atoms with Gasteiger partial charge < -0.3 is 9.84 Å². The van der Waals surface area contributed by atoms with E-state index in [2.05, 4.69) is 9.97 Å². The van der Waals surface area contributed by atoms with Crippen molar-refractivity contribution in [3.8, 4) is 34.0 Å². The number of rotatable bonds is 3. The van der Waals surface area contributed by atoms with Crippen molar-refractivity contribution in [3.63, 3.8) is 0 Å². The van der Waals surface area contributed by atoms with Gasteiger partial charge in [0.2, 0.25) is 0 Å². The van der Waals surface area contributed by atoms with Crippen LogP contribution in [0.4, 0.5) is 0 Å². The van der Waals surface area contributed by atoms with Crippen LogP contribution in [0.3, 0.4) is 0 Å². The standard InChI is InChI=1S/C17H14N2O2/c1-21-15-4-2-3-13(9-15)17-11-18-10-16(19-17)12-5-7-14(20)8-6-12/h2-11,20H,1H3. The van der Waals surface area contributed by atoms with Crippen molar-refractivity contribution in [1.29, 1.82) is 0 Å². The predicted octanol–water partition coefficient (Wildman–Crippen LogP) is 3.52. The highest BCUT2D eigenvalue weighted by Crippen LogP contribution is 2.25. The molecule has 1 heterocycles. The lowest BCUT2D eigenvalue weighted by Crippen LogP contribution is -1.91. The number of aromatic hydroxyl groups is 1. The number of ether oxygens (including phenoxy) is 1. The summed E-state index contributed by atoms with van der Waals surface area (Å²) in [5.41, 5.74) is 3.39. The molecule has 3 aromatic rings. The first kappa shape index (κ1) is 13.1. The summed E-state index contributed by atoms with van der Waals surface area (Å²) in [6.45, 7) is 0. The van der Waals surface area contributed by atoms with E-state index in [0.29, 0.717) is 0 Å². The quantitative estimate of drug-likeness (QED) is 0.796. The Morgan fingerprint density at radius 3 is 2.33 bits per heavy atom. The number of phenolic OH excluding ortho intramolecular Hbond substituents is 1. The van der Waals surface area contributed by atoms with Crippen LogP contribution in [0.1, 0.15) is 0 Å². The zero-order valence-corrected chi connectivity index (χ0v) is 11.5. The molecule has 0 aliphatic heterocycles. The zero-order chi connectivity index (χ0) is 14.7. The fourth-order valence-corrected chi connectivity index (χ4v) is 2.06. The van der Waals surface area contributed by atoms with Crippen molar-refractivity contribution in [3.05, 3.63) is 60.9 Å². The van der Waals surface area contributed by atoms with Crippen LogP contribution in [-0.4, -0.2) is 22.2 Å². The Bertz CT molecular complexity index is 755. The van der Waals surface area contributed by atoms with Crippen LogP contribution in [0, 0.1) is 0 Å². The van der Waals surface area contributed by atoms with Crippen LogP contribution in [0.15, 0.2) is 60.9 Å². The maximum Gasteiger partial charge on any atom is 0.119 e. The lowest BCUT2D eigenvalue weighted by molar-refractivity contribution is 0.415. The highest BCUT2D eigenvalue weighted by Gasteiger charge is 2.05. The van der Waals surface area contributed by atoms with Gasteiger partial charge in [-0.2, -0.15) is 0 Å². The van der Waals surface area contributed by atoms with Gasteiger partial charge >= 0.3 is 0 Å². The number of hydrogen-bond acceptors (Lipinski definition) is 4. The molecule has 1 aromatic heterocycles. The molecule has 0 spiro atoms. The molecule has 0 fully saturated rings. The Hall–Kier alpha value is -2.88. The van der Waals surface area contributed by atoms with Gasteiger partial charge in [0.15, 0.2) is 0 Å². The molecule has 0 aliphatic rings. The lowest BCUT2D eigenvalue weighted by Gasteiger charge is -2.06. The average Bonchev–Trinajstić information content (AvgIpc) is 2.56. The second kappa shape index (κ2) is 5.63. The molecule has 104 valence electrons. The highest BCUT2D eigenvalue weighted by molar-refractivity contribution is 5.65. The van der Waals surface area contributed by atoms with E-state index in [4.69, 9.17) is 4.74 Å². The molecule has 4 heteroatoms. The molecule has 21 heavy (non-hydrogen) atoms. The third kappa shape index (κ3) is 2.84. The summed E-state index contributed by atoms with van der Waals surface area (Å²) >= 11 is 0. The Kier molecular flexibility index (Phi) is 3.51. The number of phenols is 1. The lowest BCUT2D eigenvalue weighted by atomic mass is 10.1. The highest BCUT2D eigenvalue weighted by atomic mass is 16.5. The Morgan fingerprint density at radius 2 is 1.62 bits per heavy atom. The number of aromatic nitrogens is 2.